The van der Waals surface area contributed by atoms with Crippen molar-refractivity contribution in [3.05, 3.63) is 65.2 Å². The summed E-state index contributed by atoms with van der Waals surface area (Å²) in [5.41, 5.74) is 3.48. The van der Waals surface area contributed by atoms with Gasteiger partial charge in [-0.2, -0.15) is 4.31 Å². The fraction of sp³-hybridized carbons (Fsp3) is 0.520. The summed E-state index contributed by atoms with van der Waals surface area (Å²) in [5, 5.41) is 0. The van der Waals surface area contributed by atoms with Gasteiger partial charge < -0.3 is 9.64 Å². The average molecular weight is 441 g/mol. The monoisotopic (exact) mass is 440 g/mol. The Morgan fingerprint density at radius 1 is 0.968 bits per heavy atom. The average Bonchev–Trinajstić information content (AvgIpc) is 2.80. The van der Waals surface area contributed by atoms with Crippen LogP contribution in [0.25, 0.3) is 0 Å². The minimum atomic E-state index is -3.53. The molecule has 2 aromatic carbocycles. The van der Waals surface area contributed by atoms with Crippen molar-refractivity contribution < 1.29 is 13.2 Å². The van der Waals surface area contributed by atoms with Crippen LogP contribution in [0, 0.1) is 6.92 Å². The van der Waals surface area contributed by atoms with E-state index in [0.29, 0.717) is 24.0 Å². The first-order chi connectivity index (χ1) is 15.0. The third kappa shape index (κ3) is 3.95. The lowest BCUT2D eigenvalue weighted by Crippen LogP contribution is -2.55. The third-order valence-electron chi connectivity index (χ3n) is 7.54. The highest BCUT2D eigenvalue weighted by Crippen LogP contribution is 2.43. The number of aryl methyl sites for hydroxylation is 1. The van der Waals surface area contributed by atoms with Crippen molar-refractivity contribution in [2.24, 2.45) is 0 Å². The van der Waals surface area contributed by atoms with Crippen LogP contribution in [-0.4, -0.2) is 56.5 Å². The number of hydrogen-bond acceptors (Lipinski definition) is 4. The minimum absolute atomic E-state index is 0.103. The van der Waals surface area contributed by atoms with E-state index >= 15 is 0 Å². The summed E-state index contributed by atoms with van der Waals surface area (Å²) in [6, 6.07) is 16.3. The number of hydrogen-bond donors (Lipinski definition) is 0. The molecule has 0 aliphatic carbocycles. The molecular weight excluding hydrogens is 408 g/mol. The van der Waals surface area contributed by atoms with E-state index in [1.807, 2.05) is 25.1 Å². The van der Waals surface area contributed by atoms with Crippen LogP contribution in [-0.2, 0) is 26.7 Å². The van der Waals surface area contributed by atoms with Gasteiger partial charge in [0.25, 0.3) is 0 Å². The molecule has 0 radical (unpaired) electrons. The van der Waals surface area contributed by atoms with Crippen LogP contribution in [0.5, 0.6) is 0 Å². The molecule has 166 valence electrons. The van der Waals surface area contributed by atoms with Crippen molar-refractivity contribution in [3.8, 4) is 0 Å². The lowest BCUT2D eigenvalue weighted by molar-refractivity contribution is 0.0138. The predicted octanol–water partition coefficient (Wildman–Crippen LogP) is 3.71. The highest BCUT2D eigenvalue weighted by Gasteiger charge is 2.45. The van der Waals surface area contributed by atoms with Crippen molar-refractivity contribution in [3.63, 3.8) is 0 Å². The predicted molar refractivity (Wildman–Crippen MR) is 122 cm³/mol. The Kier molecular flexibility index (Phi) is 5.67. The van der Waals surface area contributed by atoms with Gasteiger partial charge in [-0.25, -0.2) is 8.42 Å². The van der Waals surface area contributed by atoms with Gasteiger partial charge in [-0.1, -0.05) is 42.0 Å². The van der Waals surface area contributed by atoms with E-state index in [2.05, 4.69) is 23.1 Å². The SMILES string of the molecule is Cc1ccc(S(=O)(=O)N2Cc3ccccc3C3(CCN(C4CCOCC4)CC3)C2)cc1. The number of sulfonamides is 1. The summed E-state index contributed by atoms with van der Waals surface area (Å²) in [6.45, 7) is 6.78. The molecule has 0 aromatic heterocycles. The molecule has 0 N–H and O–H groups in total. The molecule has 0 saturated carbocycles. The molecule has 1 spiro atoms. The first kappa shape index (κ1) is 21.1. The van der Waals surface area contributed by atoms with Gasteiger partial charge in [-0.05, 0) is 69.0 Å². The van der Waals surface area contributed by atoms with Gasteiger partial charge in [0.1, 0.15) is 0 Å². The number of piperidine rings is 1. The number of rotatable bonds is 3. The molecule has 0 atom stereocenters. The molecule has 31 heavy (non-hydrogen) atoms. The summed E-state index contributed by atoms with van der Waals surface area (Å²) in [6.07, 6.45) is 4.22. The van der Waals surface area contributed by atoms with Gasteiger partial charge >= 0.3 is 0 Å². The van der Waals surface area contributed by atoms with Crippen LogP contribution in [0.1, 0.15) is 42.4 Å². The van der Waals surface area contributed by atoms with E-state index in [0.717, 1.165) is 63.1 Å². The molecule has 5 nitrogen and oxygen atoms in total. The first-order valence-electron chi connectivity index (χ1n) is 11.4. The van der Waals surface area contributed by atoms with Crippen LogP contribution < -0.4 is 0 Å². The molecule has 2 aromatic rings. The van der Waals surface area contributed by atoms with E-state index < -0.39 is 10.0 Å². The zero-order valence-electron chi connectivity index (χ0n) is 18.3. The van der Waals surface area contributed by atoms with E-state index in [4.69, 9.17) is 4.74 Å². The fourth-order valence-electron chi connectivity index (χ4n) is 5.67. The van der Waals surface area contributed by atoms with Crippen LogP contribution in [0.4, 0.5) is 0 Å². The van der Waals surface area contributed by atoms with Crippen molar-refractivity contribution in [1.29, 1.82) is 0 Å². The standard InChI is InChI=1S/C25H32N2O3S/c1-20-6-8-23(9-7-20)31(28,29)27-18-21-4-2-3-5-24(21)25(19-27)12-14-26(15-13-25)22-10-16-30-17-11-22/h2-9,22H,10-19H2,1H3. The molecular formula is C25H32N2O3S. The lowest BCUT2D eigenvalue weighted by atomic mass is 9.69. The van der Waals surface area contributed by atoms with Crippen LogP contribution in [0.15, 0.2) is 53.4 Å². The number of ether oxygens (including phenoxy) is 1. The summed E-state index contributed by atoms with van der Waals surface area (Å²) < 4.78 is 34.4. The van der Waals surface area contributed by atoms with Crippen LogP contribution in [0.2, 0.25) is 0 Å². The molecule has 2 fully saturated rings. The number of likely N-dealkylation sites (tertiary alicyclic amines) is 1. The highest BCUT2D eigenvalue weighted by molar-refractivity contribution is 7.89. The Labute approximate surface area is 186 Å². The van der Waals surface area contributed by atoms with Gasteiger partial charge in [0.2, 0.25) is 10.0 Å². The van der Waals surface area contributed by atoms with Gasteiger partial charge in [-0.3, -0.25) is 0 Å². The van der Waals surface area contributed by atoms with Crippen molar-refractivity contribution in [2.75, 3.05) is 32.8 Å². The Balaban J connectivity index is 1.43. The molecule has 0 bridgehead atoms. The molecule has 3 aliphatic heterocycles. The maximum atomic E-state index is 13.5. The number of fused-ring (bicyclic) bond motifs is 2. The summed E-state index contributed by atoms with van der Waals surface area (Å²) in [4.78, 5) is 3.01. The molecule has 6 heteroatoms. The Hall–Kier alpha value is -1.73. The second kappa shape index (κ2) is 8.32. The molecule has 5 rings (SSSR count). The van der Waals surface area contributed by atoms with Crippen molar-refractivity contribution >= 4 is 10.0 Å². The summed E-state index contributed by atoms with van der Waals surface area (Å²) >= 11 is 0. The van der Waals surface area contributed by atoms with Crippen molar-refractivity contribution in [2.45, 2.75) is 55.5 Å². The quantitative estimate of drug-likeness (QED) is 0.730. The first-order valence-corrected chi connectivity index (χ1v) is 12.9. The normalized spacial score (nSPS) is 23.0. The third-order valence-corrected chi connectivity index (χ3v) is 9.34. The smallest absolute Gasteiger partial charge is 0.243 e. The Morgan fingerprint density at radius 2 is 1.65 bits per heavy atom. The van der Waals surface area contributed by atoms with Gasteiger partial charge in [0.15, 0.2) is 0 Å². The van der Waals surface area contributed by atoms with Crippen LogP contribution in [0.3, 0.4) is 0 Å². The zero-order valence-corrected chi connectivity index (χ0v) is 19.1. The molecule has 2 saturated heterocycles. The molecule has 0 amide bonds. The van der Waals surface area contributed by atoms with Gasteiger partial charge in [0.05, 0.1) is 4.90 Å². The van der Waals surface area contributed by atoms with Gasteiger partial charge in [0, 0.05) is 37.8 Å². The minimum Gasteiger partial charge on any atom is -0.381 e. The van der Waals surface area contributed by atoms with Crippen LogP contribution >= 0.6 is 0 Å². The van der Waals surface area contributed by atoms with E-state index in [-0.39, 0.29) is 5.41 Å². The fourth-order valence-corrected chi connectivity index (χ4v) is 7.17. The topological polar surface area (TPSA) is 49.9 Å². The number of nitrogens with zero attached hydrogens (tertiary/aromatic N) is 2. The Bertz CT molecular complexity index is 1020. The van der Waals surface area contributed by atoms with E-state index in [1.165, 1.54) is 5.56 Å². The second-order valence-corrected chi connectivity index (χ2v) is 11.3. The summed E-state index contributed by atoms with van der Waals surface area (Å²) in [5.74, 6) is 0. The van der Waals surface area contributed by atoms with E-state index in [1.54, 1.807) is 16.4 Å². The van der Waals surface area contributed by atoms with Crippen molar-refractivity contribution in [1.82, 2.24) is 9.21 Å². The maximum Gasteiger partial charge on any atom is 0.243 e. The molecule has 3 aliphatic rings. The van der Waals surface area contributed by atoms with E-state index in [9.17, 15) is 8.42 Å². The number of benzene rings is 2. The largest absolute Gasteiger partial charge is 0.381 e. The summed E-state index contributed by atoms with van der Waals surface area (Å²) in [7, 11) is -3.53. The second-order valence-electron chi connectivity index (χ2n) is 9.40. The lowest BCUT2D eigenvalue weighted by Gasteiger charge is -2.50. The zero-order chi connectivity index (χ0) is 21.5. The van der Waals surface area contributed by atoms with Gasteiger partial charge in [-0.15, -0.1) is 0 Å². The Morgan fingerprint density at radius 3 is 2.35 bits per heavy atom. The highest BCUT2D eigenvalue weighted by atomic mass is 32.2. The maximum absolute atomic E-state index is 13.5. The molecule has 3 heterocycles. The molecule has 0 unspecified atom stereocenters.